The van der Waals surface area contributed by atoms with Crippen LogP contribution in [0.4, 0.5) is 0 Å². The molecule has 0 bridgehead atoms. The Balaban J connectivity index is 1.88. The molecule has 1 saturated carbocycles. The van der Waals surface area contributed by atoms with Gasteiger partial charge in [-0.15, -0.1) is 0 Å². The van der Waals surface area contributed by atoms with Crippen molar-refractivity contribution in [1.29, 1.82) is 0 Å². The topological polar surface area (TPSA) is 40.5 Å². The zero-order valence-electron chi connectivity index (χ0n) is 10.9. The molecule has 0 aromatic heterocycles. The molecule has 2 fully saturated rings. The molecule has 0 aromatic rings. The van der Waals surface area contributed by atoms with Gasteiger partial charge in [-0.3, -0.25) is 0 Å². The summed E-state index contributed by atoms with van der Waals surface area (Å²) in [6, 6.07) is 0. The third kappa shape index (κ3) is 3.29. The molecule has 0 radical (unpaired) electrons. The Bertz CT molecular complexity index is 251. The molecule has 0 unspecified atom stereocenters. The maximum atomic E-state index is 11.5. The van der Waals surface area contributed by atoms with Gasteiger partial charge in [-0.1, -0.05) is 6.92 Å². The third-order valence-electron chi connectivity index (χ3n) is 4.62. The van der Waals surface area contributed by atoms with Crippen LogP contribution in [0.15, 0.2) is 0 Å². The molecule has 2 rings (SSSR count). The molecule has 1 N–H and O–H groups in total. The van der Waals surface area contributed by atoms with Crippen LogP contribution in [0, 0.1) is 11.3 Å². The Labute approximate surface area is 104 Å². The molecule has 1 aliphatic carbocycles. The standard InChI is InChI=1S/C14H25NO2/c1-12-2-6-14(11-16,7-3-12)10-15-8-4-13(17)5-9-15/h11-13,17H,2-10H2,1H3. The first-order chi connectivity index (χ1) is 8.13. The van der Waals surface area contributed by atoms with Gasteiger partial charge in [-0.05, 0) is 44.4 Å². The van der Waals surface area contributed by atoms with E-state index in [-0.39, 0.29) is 11.5 Å². The molecule has 0 atom stereocenters. The van der Waals surface area contributed by atoms with E-state index in [0.717, 1.165) is 51.2 Å². The second kappa shape index (κ2) is 5.49. The highest BCUT2D eigenvalue weighted by molar-refractivity contribution is 5.60. The number of carbonyl (C=O) groups excluding carboxylic acids is 1. The molecular formula is C14H25NO2. The Morgan fingerprint density at radius 1 is 1.24 bits per heavy atom. The first-order valence-corrected chi connectivity index (χ1v) is 7.00. The van der Waals surface area contributed by atoms with Gasteiger partial charge in [0.1, 0.15) is 6.29 Å². The van der Waals surface area contributed by atoms with E-state index in [2.05, 4.69) is 11.8 Å². The summed E-state index contributed by atoms with van der Waals surface area (Å²) in [6.07, 6.45) is 7.31. The lowest BCUT2D eigenvalue weighted by molar-refractivity contribution is -0.120. The van der Waals surface area contributed by atoms with Crippen LogP contribution < -0.4 is 0 Å². The zero-order valence-corrected chi connectivity index (χ0v) is 10.9. The van der Waals surface area contributed by atoms with Crippen LogP contribution in [0.25, 0.3) is 0 Å². The van der Waals surface area contributed by atoms with E-state index < -0.39 is 0 Å². The lowest BCUT2D eigenvalue weighted by Gasteiger charge is -2.40. The maximum Gasteiger partial charge on any atom is 0.127 e. The fourth-order valence-electron chi connectivity index (χ4n) is 3.17. The predicted molar refractivity (Wildman–Crippen MR) is 67.8 cm³/mol. The molecule has 2 aliphatic rings. The maximum absolute atomic E-state index is 11.5. The van der Waals surface area contributed by atoms with Gasteiger partial charge in [0.15, 0.2) is 0 Å². The normalized spacial score (nSPS) is 36.9. The van der Waals surface area contributed by atoms with Crippen LogP contribution in [-0.2, 0) is 4.79 Å². The molecule has 1 saturated heterocycles. The average Bonchev–Trinajstić information content (AvgIpc) is 2.35. The summed E-state index contributed by atoms with van der Waals surface area (Å²) >= 11 is 0. The van der Waals surface area contributed by atoms with Crippen LogP contribution in [0.3, 0.4) is 0 Å². The number of carbonyl (C=O) groups is 1. The molecule has 3 heteroatoms. The largest absolute Gasteiger partial charge is 0.393 e. The highest BCUT2D eigenvalue weighted by Crippen LogP contribution is 2.38. The minimum atomic E-state index is -0.121. The summed E-state index contributed by atoms with van der Waals surface area (Å²) in [7, 11) is 0. The van der Waals surface area contributed by atoms with Crippen molar-refractivity contribution in [2.45, 2.75) is 51.6 Å². The molecule has 3 nitrogen and oxygen atoms in total. The molecule has 0 aromatic carbocycles. The average molecular weight is 239 g/mol. The van der Waals surface area contributed by atoms with E-state index in [1.807, 2.05) is 0 Å². The van der Waals surface area contributed by atoms with Gasteiger partial charge >= 0.3 is 0 Å². The van der Waals surface area contributed by atoms with Crippen LogP contribution in [0.1, 0.15) is 45.4 Å². The zero-order chi connectivity index (χ0) is 12.3. The van der Waals surface area contributed by atoms with Crippen molar-refractivity contribution in [3.8, 4) is 0 Å². The molecule has 17 heavy (non-hydrogen) atoms. The molecule has 0 spiro atoms. The van der Waals surface area contributed by atoms with Crippen molar-refractivity contribution in [2.24, 2.45) is 11.3 Å². The summed E-state index contributed by atoms with van der Waals surface area (Å²) in [6.45, 7) is 5.10. The smallest absolute Gasteiger partial charge is 0.127 e. The van der Waals surface area contributed by atoms with E-state index >= 15 is 0 Å². The highest BCUT2D eigenvalue weighted by Gasteiger charge is 2.36. The van der Waals surface area contributed by atoms with Gasteiger partial charge in [0.05, 0.1) is 6.10 Å². The number of aliphatic hydroxyl groups is 1. The number of nitrogens with zero attached hydrogens (tertiary/aromatic N) is 1. The van der Waals surface area contributed by atoms with Gasteiger partial charge in [0.2, 0.25) is 0 Å². The van der Waals surface area contributed by atoms with E-state index in [1.165, 1.54) is 19.1 Å². The number of rotatable bonds is 3. The fraction of sp³-hybridized carbons (Fsp3) is 0.929. The second-order valence-electron chi connectivity index (χ2n) is 6.17. The van der Waals surface area contributed by atoms with Crippen molar-refractivity contribution in [1.82, 2.24) is 4.90 Å². The lowest BCUT2D eigenvalue weighted by atomic mass is 9.71. The van der Waals surface area contributed by atoms with Gasteiger partial charge in [-0.25, -0.2) is 0 Å². The van der Waals surface area contributed by atoms with Crippen LogP contribution in [-0.4, -0.2) is 42.0 Å². The number of aliphatic hydroxyl groups excluding tert-OH is 1. The third-order valence-corrected chi connectivity index (χ3v) is 4.62. The molecular weight excluding hydrogens is 214 g/mol. The van der Waals surface area contributed by atoms with Crippen molar-refractivity contribution < 1.29 is 9.90 Å². The fourth-order valence-corrected chi connectivity index (χ4v) is 3.17. The Morgan fingerprint density at radius 2 is 1.82 bits per heavy atom. The Morgan fingerprint density at radius 3 is 2.35 bits per heavy atom. The number of likely N-dealkylation sites (tertiary alicyclic amines) is 1. The number of piperidine rings is 1. The van der Waals surface area contributed by atoms with E-state index in [4.69, 9.17) is 0 Å². The summed E-state index contributed by atoms with van der Waals surface area (Å²) in [5.41, 5.74) is -0.0885. The SMILES string of the molecule is CC1CCC(C=O)(CN2CCC(O)CC2)CC1. The first kappa shape index (κ1) is 13.0. The lowest BCUT2D eigenvalue weighted by Crippen LogP contribution is -2.45. The van der Waals surface area contributed by atoms with Gasteiger partial charge in [0, 0.05) is 25.0 Å². The Hall–Kier alpha value is -0.410. The summed E-state index contributed by atoms with van der Waals surface area (Å²) < 4.78 is 0. The summed E-state index contributed by atoms with van der Waals surface area (Å²) in [5.74, 6) is 0.784. The molecule has 1 heterocycles. The minimum Gasteiger partial charge on any atom is -0.393 e. The second-order valence-corrected chi connectivity index (χ2v) is 6.17. The molecule has 0 amide bonds. The van der Waals surface area contributed by atoms with Gasteiger partial charge < -0.3 is 14.8 Å². The van der Waals surface area contributed by atoms with Gasteiger partial charge in [0.25, 0.3) is 0 Å². The van der Waals surface area contributed by atoms with Crippen LogP contribution in [0.2, 0.25) is 0 Å². The van der Waals surface area contributed by atoms with E-state index in [1.54, 1.807) is 0 Å². The van der Waals surface area contributed by atoms with Gasteiger partial charge in [-0.2, -0.15) is 0 Å². The highest BCUT2D eigenvalue weighted by atomic mass is 16.3. The Kier molecular flexibility index (Phi) is 4.21. The minimum absolute atomic E-state index is 0.0885. The van der Waals surface area contributed by atoms with E-state index in [0.29, 0.717) is 0 Å². The summed E-state index contributed by atoms with van der Waals surface area (Å²) in [5, 5.41) is 9.49. The summed E-state index contributed by atoms with van der Waals surface area (Å²) in [4.78, 5) is 13.8. The first-order valence-electron chi connectivity index (χ1n) is 7.00. The predicted octanol–water partition coefficient (Wildman–Crippen LogP) is 1.84. The van der Waals surface area contributed by atoms with Crippen LogP contribution in [0.5, 0.6) is 0 Å². The van der Waals surface area contributed by atoms with Crippen LogP contribution >= 0.6 is 0 Å². The number of hydrogen-bond acceptors (Lipinski definition) is 3. The number of aldehydes is 1. The number of hydrogen-bond donors (Lipinski definition) is 1. The quantitative estimate of drug-likeness (QED) is 0.764. The molecule has 1 aliphatic heterocycles. The van der Waals surface area contributed by atoms with Crippen molar-refractivity contribution >= 4 is 6.29 Å². The van der Waals surface area contributed by atoms with Crippen molar-refractivity contribution in [2.75, 3.05) is 19.6 Å². The van der Waals surface area contributed by atoms with Crippen molar-refractivity contribution in [3.63, 3.8) is 0 Å². The van der Waals surface area contributed by atoms with Crippen molar-refractivity contribution in [3.05, 3.63) is 0 Å². The van der Waals surface area contributed by atoms with E-state index in [9.17, 15) is 9.90 Å². The molecule has 98 valence electrons. The monoisotopic (exact) mass is 239 g/mol.